The minimum Gasteiger partial charge on any atom is -0.482 e. The molecule has 5 rings (SSSR count). The standard InChI is InChI=1S/C31H37NO10/c1-16(33)38-15-30(5)22-14-24(40-18(3)35)31(6)27(29(22,4)11-10-23(30)39-17(2)34)26(36)25-21(42-31)13-20(41-28(25)37)19-9-7-8-12-32-19/h7-9,12-13,22-24,26-27,36H,10-11,14-15H2,1-6H3/t22-,23+,24+,26+,27-,29+,30+,31-/m1/s1. The Morgan fingerprint density at radius 1 is 1.05 bits per heavy atom. The third kappa shape index (κ3) is 4.77. The zero-order chi connectivity index (χ0) is 30.6. The average Bonchev–Trinajstić information content (AvgIpc) is 2.90. The molecule has 1 aliphatic heterocycles. The number of hydrogen-bond acceptors (Lipinski definition) is 11. The molecule has 0 saturated heterocycles. The average molecular weight is 584 g/mol. The molecule has 0 unspecified atom stereocenters. The van der Waals surface area contributed by atoms with Crippen LogP contribution in [0.25, 0.3) is 11.5 Å². The summed E-state index contributed by atoms with van der Waals surface area (Å²) < 4.78 is 29.4. The van der Waals surface area contributed by atoms with Crippen LogP contribution < -0.4 is 10.4 Å². The minimum absolute atomic E-state index is 0.0237. The molecule has 0 spiro atoms. The second-order valence-electron chi connectivity index (χ2n) is 12.4. The molecule has 11 heteroatoms. The SMILES string of the molecule is CC(=O)OC[C@@]1(C)[C@@H]2C[C@H](OC(C)=O)[C@@]3(C)Oc4cc(-c5ccccn5)oc(=O)c4[C@H](O)[C@@H]3[C@@]2(C)CC[C@@H]1OC(C)=O. The van der Waals surface area contributed by atoms with Gasteiger partial charge < -0.3 is 28.5 Å². The number of aliphatic hydroxyl groups is 1. The number of aliphatic hydroxyl groups excluding tert-OH is 1. The molecular formula is C31H37NO10. The van der Waals surface area contributed by atoms with Crippen LogP contribution in [0.2, 0.25) is 0 Å². The van der Waals surface area contributed by atoms with Crippen molar-refractivity contribution in [3.8, 4) is 17.2 Å². The largest absolute Gasteiger partial charge is 0.482 e. The normalized spacial score (nSPS) is 35.0. The lowest BCUT2D eigenvalue weighted by Gasteiger charge is -2.66. The van der Waals surface area contributed by atoms with Crippen molar-refractivity contribution in [2.45, 2.75) is 84.7 Å². The number of hydrogen-bond donors (Lipinski definition) is 1. The summed E-state index contributed by atoms with van der Waals surface area (Å²) in [6.07, 6.45) is -0.0573. The lowest BCUT2D eigenvalue weighted by Crippen LogP contribution is -2.71. The number of fused-ring (bicyclic) bond motifs is 4. The lowest BCUT2D eigenvalue weighted by molar-refractivity contribution is -0.270. The maximum absolute atomic E-state index is 13.4. The molecule has 42 heavy (non-hydrogen) atoms. The van der Waals surface area contributed by atoms with Gasteiger partial charge in [0.05, 0.1) is 6.10 Å². The zero-order valence-corrected chi connectivity index (χ0v) is 24.7. The fourth-order valence-corrected chi connectivity index (χ4v) is 8.02. The van der Waals surface area contributed by atoms with E-state index in [0.29, 0.717) is 18.5 Å². The first-order valence-electron chi connectivity index (χ1n) is 14.1. The molecule has 8 atom stereocenters. The van der Waals surface area contributed by atoms with Gasteiger partial charge in [-0.25, -0.2) is 4.79 Å². The summed E-state index contributed by atoms with van der Waals surface area (Å²) in [6, 6.07) is 6.71. The maximum Gasteiger partial charge on any atom is 0.345 e. The number of nitrogens with zero attached hydrogens (tertiary/aromatic N) is 1. The summed E-state index contributed by atoms with van der Waals surface area (Å²) in [6.45, 7) is 9.55. The molecule has 11 nitrogen and oxygen atoms in total. The van der Waals surface area contributed by atoms with Gasteiger partial charge >= 0.3 is 23.5 Å². The van der Waals surface area contributed by atoms with Crippen LogP contribution in [0.5, 0.6) is 5.75 Å². The van der Waals surface area contributed by atoms with Crippen molar-refractivity contribution in [2.75, 3.05) is 6.61 Å². The van der Waals surface area contributed by atoms with Crippen molar-refractivity contribution < 1.29 is 42.9 Å². The summed E-state index contributed by atoms with van der Waals surface area (Å²) in [5.41, 5.74) is -3.26. The van der Waals surface area contributed by atoms with Crippen molar-refractivity contribution in [2.24, 2.45) is 22.7 Å². The fourth-order valence-electron chi connectivity index (χ4n) is 8.02. The predicted octanol–water partition coefficient (Wildman–Crippen LogP) is 3.76. The first-order valence-corrected chi connectivity index (χ1v) is 14.1. The number of carbonyl (C=O) groups excluding carboxylic acids is 3. The van der Waals surface area contributed by atoms with Gasteiger partial charge in [0.15, 0.2) is 5.76 Å². The van der Waals surface area contributed by atoms with E-state index in [9.17, 15) is 24.3 Å². The Balaban J connectivity index is 1.66. The lowest BCUT2D eigenvalue weighted by atomic mass is 9.42. The third-order valence-corrected chi connectivity index (χ3v) is 9.70. The van der Waals surface area contributed by atoms with Crippen molar-refractivity contribution >= 4 is 17.9 Å². The molecule has 226 valence electrons. The number of carbonyl (C=O) groups is 3. The highest BCUT2D eigenvalue weighted by atomic mass is 16.6. The first kappa shape index (κ1) is 29.8. The summed E-state index contributed by atoms with van der Waals surface area (Å²) in [7, 11) is 0. The monoisotopic (exact) mass is 583 g/mol. The Labute approximate surface area is 243 Å². The van der Waals surface area contributed by atoms with Crippen LogP contribution in [0.3, 0.4) is 0 Å². The van der Waals surface area contributed by atoms with Gasteiger partial charge in [0.1, 0.15) is 41.4 Å². The van der Waals surface area contributed by atoms with Crippen LogP contribution in [0.15, 0.2) is 39.7 Å². The van der Waals surface area contributed by atoms with Crippen LogP contribution in [-0.2, 0) is 28.6 Å². The Bertz CT molecular complexity index is 1460. The maximum atomic E-state index is 13.4. The molecule has 3 heterocycles. The Morgan fingerprint density at radius 3 is 2.36 bits per heavy atom. The van der Waals surface area contributed by atoms with Crippen LogP contribution >= 0.6 is 0 Å². The van der Waals surface area contributed by atoms with Crippen LogP contribution in [-0.4, -0.2) is 52.4 Å². The second kappa shape index (κ2) is 10.5. The van der Waals surface area contributed by atoms with Gasteiger partial charge in [0.2, 0.25) is 0 Å². The Hall–Kier alpha value is -3.73. The van der Waals surface area contributed by atoms with Gasteiger partial charge in [-0.3, -0.25) is 19.4 Å². The van der Waals surface area contributed by atoms with Crippen LogP contribution in [0.1, 0.15) is 72.5 Å². The summed E-state index contributed by atoms with van der Waals surface area (Å²) in [5.74, 6) is -2.32. The van der Waals surface area contributed by atoms with E-state index in [2.05, 4.69) is 4.98 Å². The molecule has 0 radical (unpaired) electrons. The first-order chi connectivity index (χ1) is 19.7. The highest BCUT2D eigenvalue weighted by Crippen LogP contribution is 2.67. The van der Waals surface area contributed by atoms with E-state index in [1.807, 2.05) is 13.8 Å². The molecule has 3 aliphatic rings. The molecule has 2 aromatic rings. The number of aromatic nitrogens is 1. The van der Waals surface area contributed by atoms with E-state index in [1.54, 1.807) is 31.3 Å². The number of pyridine rings is 1. The van der Waals surface area contributed by atoms with Crippen molar-refractivity contribution in [3.05, 3.63) is 46.4 Å². The fraction of sp³-hybridized carbons (Fsp3) is 0.581. The predicted molar refractivity (Wildman–Crippen MR) is 147 cm³/mol. The van der Waals surface area contributed by atoms with E-state index < -0.39 is 64.2 Å². The summed E-state index contributed by atoms with van der Waals surface area (Å²) in [4.78, 5) is 54.1. The third-order valence-electron chi connectivity index (χ3n) is 9.70. The molecule has 2 aromatic heterocycles. The van der Waals surface area contributed by atoms with Gasteiger partial charge in [0.25, 0.3) is 0 Å². The molecule has 1 N–H and O–H groups in total. The quantitative estimate of drug-likeness (QED) is 0.405. The highest BCUT2D eigenvalue weighted by molar-refractivity contribution is 5.67. The van der Waals surface area contributed by atoms with Crippen LogP contribution in [0, 0.1) is 22.7 Å². The molecular weight excluding hydrogens is 546 g/mol. The van der Waals surface area contributed by atoms with E-state index in [4.69, 9.17) is 23.4 Å². The molecule has 2 fully saturated rings. The zero-order valence-electron chi connectivity index (χ0n) is 24.7. The van der Waals surface area contributed by atoms with E-state index in [-0.39, 0.29) is 36.0 Å². The molecule has 0 bridgehead atoms. The van der Waals surface area contributed by atoms with Crippen molar-refractivity contribution in [1.82, 2.24) is 4.98 Å². The molecule has 0 amide bonds. The van der Waals surface area contributed by atoms with Crippen molar-refractivity contribution in [1.29, 1.82) is 0 Å². The van der Waals surface area contributed by atoms with E-state index in [0.717, 1.165) is 0 Å². The number of ether oxygens (including phenoxy) is 4. The summed E-state index contributed by atoms with van der Waals surface area (Å²) in [5, 5.41) is 12.1. The van der Waals surface area contributed by atoms with Gasteiger partial charge in [0, 0.05) is 44.4 Å². The molecule has 0 aromatic carbocycles. The smallest absolute Gasteiger partial charge is 0.345 e. The van der Waals surface area contributed by atoms with Gasteiger partial charge in [-0.1, -0.05) is 19.9 Å². The summed E-state index contributed by atoms with van der Waals surface area (Å²) >= 11 is 0. The van der Waals surface area contributed by atoms with Crippen molar-refractivity contribution in [3.63, 3.8) is 0 Å². The topological polar surface area (TPSA) is 151 Å². The van der Waals surface area contributed by atoms with Gasteiger partial charge in [-0.05, 0) is 49.7 Å². The van der Waals surface area contributed by atoms with Crippen LogP contribution in [0.4, 0.5) is 0 Å². The van der Waals surface area contributed by atoms with E-state index >= 15 is 0 Å². The number of esters is 3. The Morgan fingerprint density at radius 2 is 1.74 bits per heavy atom. The van der Waals surface area contributed by atoms with Gasteiger partial charge in [-0.2, -0.15) is 0 Å². The second-order valence-corrected chi connectivity index (χ2v) is 12.4. The Kier molecular flexibility index (Phi) is 7.45. The highest BCUT2D eigenvalue weighted by Gasteiger charge is 2.70. The van der Waals surface area contributed by atoms with Gasteiger partial charge in [-0.15, -0.1) is 0 Å². The van der Waals surface area contributed by atoms with E-state index in [1.165, 1.54) is 26.8 Å². The number of rotatable bonds is 5. The molecule has 2 saturated carbocycles. The molecule has 2 aliphatic carbocycles. The minimum atomic E-state index is -1.35.